The van der Waals surface area contributed by atoms with Crippen LogP contribution in [0.4, 0.5) is 0 Å². The number of rotatable bonds is 5. The van der Waals surface area contributed by atoms with Crippen LogP contribution in [-0.4, -0.2) is 26.4 Å². The van der Waals surface area contributed by atoms with Gasteiger partial charge in [-0.15, -0.1) is 11.3 Å². The first kappa shape index (κ1) is 13.6. The van der Waals surface area contributed by atoms with E-state index in [0.29, 0.717) is 21.9 Å². The number of carbonyl (C=O) groups is 1. The topological polar surface area (TPSA) is 72.2 Å². The molecule has 0 saturated heterocycles. The van der Waals surface area contributed by atoms with Crippen molar-refractivity contribution in [2.75, 3.05) is 5.75 Å². The molecule has 0 bridgehead atoms. The van der Waals surface area contributed by atoms with E-state index in [4.69, 9.17) is 5.11 Å². The van der Waals surface area contributed by atoms with Gasteiger partial charge in [0.25, 0.3) is 5.56 Å². The third-order valence-electron chi connectivity index (χ3n) is 3.52. The van der Waals surface area contributed by atoms with E-state index in [1.54, 1.807) is 10.6 Å². The molecule has 20 heavy (non-hydrogen) atoms. The molecule has 1 N–H and O–H groups in total. The quantitative estimate of drug-likeness (QED) is 0.678. The second kappa shape index (κ2) is 4.89. The molecule has 5 nitrogen and oxygen atoms in total. The molecule has 2 aromatic heterocycles. The number of hydrogen-bond acceptors (Lipinski definition) is 5. The van der Waals surface area contributed by atoms with E-state index < -0.39 is 5.97 Å². The molecule has 2 heterocycles. The van der Waals surface area contributed by atoms with Crippen LogP contribution < -0.4 is 5.56 Å². The predicted molar refractivity (Wildman–Crippen MR) is 79.6 cm³/mol. The molecule has 0 aromatic carbocycles. The fourth-order valence-electron chi connectivity index (χ4n) is 2.06. The second-order valence-electron chi connectivity index (χ2n) is 5.42. The van der Waals surface area contributed by atoms with Crippen LogP contribution in [0.2, 0.25) is 0 Å². The molecule has 0 spiro atoms. The van der Waals surface area contributed by atoms with E-state index in [0.717, 1.165) is 24.6 Å². The molecular weight excluding hydrogens is 296 g/mol. The van der Waals surface area contributed by atoms with Crippen molar-refractivity contribution >= 4 is 39.3 Å². The van der Waals surface area contributed by atoms with Crippen molar-refractivity contribution in [2.24, 2.45) is 5.41 Å². The van der Waals surface area contributed by atoms with Gasteiger partial charge in [0.15, 0.2) is 5.16 Å². The van der Waals surface area contributed by atoms with Gasteiger partial charge >= 0.3 is 5.97 Å². The van der Waals surface area contributed by atoms with Crippen LogP contribution in [0.1, 0.15) is 19.8 Å². The van der Waals surface area contributed by atoms with Gasteiger partial charge in [-0.3, -0.25) is 14.2 Å². The minimum atomic E-state index is -0.903. The van der Waals surface area contributed by atoms with E-state index >= 15 is 0 Å². The van der Waals surface area contributed by atoms with Gasteiger partial charge in [-0.25, -0.2) is 4.98 Å². The maximum Gasteiger partial charge on any atom is 0.313 e. The van der Waals surface area contributed by atoms with Crippen molar-refractivity contribution in [3.63, 3.8) is 0 Å². The summed E-state index contributed by atoms with van der Waals surface area (Å²) in [5, 5.41) is 11.8. The Morgan fingerprint density at radius 1 is 1.60 bits per heavy atom. The van der Waals surface area contributed by atoms with Gasteiger partial charge < -0.3 is 5.11 Å². The number of aliphatic carboxylic acids is 1. The number of thioether (sulfide) groups is 1. The minimum Gasteiger partial charge on any atom is -0.481 e. The first-order chi connectivity index (χ1) is 9.48. The molecule has 0 radical (unpaired) electrons. The number of fused-ring (bicyclic) bond motifs is 1. The lowest BCUT2D eigenvalue weighted by Gasteiger charge is -2.15. The maximum atomic E-state index is 12.5. The molecule has 3 rings (SSSR count). The third kappa shape index (κ3) is 2.60. The zero-order chi connectivity index (χ0) is 14.3. The summed E-state index contributed by atoms with van der Waals surface area (Å²) in [6.45, 7) is 2.76. The smallest absolute Gasteiger partial charge is 0.313 e. The van der Waals surface area contributed by atoms with E-state index in [-0.39, 0.29) is 16.7 Å². The van der Waals surface area contributed by atoms with Crippen LogP contribution in [0.15, 0.2) is 21.4 Å². The van der Waals surface area contributed by atoms with Crippen molar-refractivity contribution in [1.82, 2.24) is 9.55 Å². The van der Waals surface area contributed by atoms with Gasteiger partial charge in [-0.2, -0.15) is 0 Å². The zero-order valence-corrected chi connectivity index (χ0v) is 12.6. The number of aromatic nitrogens is 2. The Kier molecular flexibility index (Phi) is 3.33. The molecule has 2 aromatic rings. The van der Waals surface area contributed by atoms with Crippen LogP contribution in [0.25, 0.3) is 10.2 Å². The highest BCUT2D eigenvalue weighted by Gasteiger charge is 2.38. The first-order valence-electron chi connectivity index (χ1n) is 6.31. The molecule has 0 aliphatic heterocycles. The van der Waals surface area contributed by atoms with Crippen molar-refractivity contribution in [1.29, 1.82) is 0 Å². The number of thiophene rings is 1. The van der Waals surface area contributed by atoms with E-state index in [1.165, 1.54) is 11.3 Å². The SMILES string of the molecule is CC1(Cn2c(SCC(=O)O)nc3sccc3c2=O)CC1. The van der Waals surface area contributed by atoms with Gasteiger partial charge in [0.1, 0.15) is 4.83 Å². The highest BCUT2D eigenvalue weighted by atomic mass is 32.2. The van der Waals surface area contributed by atoms with E-state index in [9.17, 15) is 9.59 Å². The lowest BCUT2D eigenvalue weighted by atomic mass is 10.1. The molecule has 1 fully saturated rings. The van der Waals surface area contributed by atoms with Crippen LogP contribution in [-0.2, 0) is 11.3 Å². The van der Waals surface area contributed by atoms with Gasteiger partial charge in [-0.1, -0.05) is 18.7 Å². The summed E-state index contributed by atoms with van der Waals surface area (Å²) in [6.07, 6.45) is 2.20. The Hall–Kier alpha value is -1.34. The molecule has 7 heteroatoms. The average Bonchev–Trinajstić information content (AvgIpc) is 2.93. The maximum absolute atomic E-state index is 12.5. The highest BCUT2D eigenvalue weighted by molar-refractivity contribution is 7.99. The lowest BCUT2D eigenvalue weighted by Crippen LogP contribution is -2.26. The largest absolute Gasteiger partial charge is 0.481 e. The molecule has 1 aliphatic rings. The number of carboxylic acid groups (broad SMARTS) is 1. The molecule has 106 valence electrons. The normalized spacial score (nSPS) is 16.4. The molecule has 0 amide bonds. The molecule has 1 saturated carbocycles. The second-order valence-corrected chi connectivity index (χ2v) is 7.26. The lowest BCUT2D eigenvalue weighted by molar-refractivity contribution is -0.133. The first-order valence-corrected chi connectivity index (χ1v) is 8.18. The van der Waals surface area contributed by atoms with Crippen molar-refractivity contribution in [2.45, 2.75) is 31.5 Å². The Morgan fingerprint density at radius 2 is 2.35 bits per heavy atom. The van der Waals surface area contributed by atoms with Crippen LogP contribution in [0.3, 0.4) is 0 Å². The summed E-state index contributed by atoms with van der Waals surface area (Å²) in [5.41, 5.74) is 0.102. The van der Waals surface area contributed by atoms with Crippen LogP contribution >= 0.6 is 23.1 Å². The van der Waals surface area contributed by atoms with Gasteiger partial charge in [0.2, 0.25) is 0 Å². The molecule has 1 aliphatic carbocycles. The molecule has 0 atom stereocenters. The Labute approximate surface area is 123 Å². The van der Waals surface area contributed by atoms with Crippen molar-refractivity contribution in [3.05, 3.63) is 21.8 Å². The Balaban J connectivity index is 2.06. The minimum absolute atomic E-state index is 0.0581. The summed E-state index contributed by atoms with van der Waals surface area (Å²) in [7, 11) is 0. The fraction of sp³-hybridized carbons (Fsp3) is 0.462. The van der Waals surface area contributed by atoms with Crippen molar-refractivity contribution < 1.29 is 9.90 Å². The standard InChI is InChI=1S/C13H14N2O3S2/c1-13(3-4-13)7-15-11(18)8-2-5-19-10(8)14-12(15)20-6-9(16)17/h2,5H,3-4,6-7H2,1H3,(H,16,17). The summed E-state index contributed by atoms with van der Waals surface area (Å²) < 4.78 is 1.65. The summed E-state index contributed by atoms with van der Waals surface area (Å²) in [6, 6.07) is 1.78. The van der Waals surface area contributed by atoms with Gasteiger partial charge in [0.05, 0.1) is 11.1 Å². The summed E-state index contributed by atoms with van der Waals surface area (Å²) >= 11 is 2.52. The number of nitrogens with zero attached hydrogens (tertiary/aromatic N) is 2. The molecule has 0 unspecified atom stereocenters. The summed E-state index contributed by atoms with van der Waals surface area (Å²) in [4.78, 5) is 28.4. The zero-order valence-electron chi connectivity index (χ0n) is 11.0. The van der Waals surface area contributed by atoms with E-state index in [2.05, 4.69) is 11.9 Å². The van der Waals surface area contributed by atoms with Crippen molar-refractivity contribution in [3.8, 4) is 0 Å². The summed E-state index contributed by atoms with van der Waals surface area (Å²) in [5.74, 6) is -0.986. The fourth-order valence-corrected chi connectivity index (χ4v) is 3.58. The van der Waals surface area contributed by atoms with E-state index in [1.807, 2.05) is 5.38 Å². The average molecular weight is 310 g/mol. The predicted octanol–water partition coefficient (Wildman–Crippen LogP) is 2.43. The third-order valence-corrected chi connectivity index (χ3v) is 5.28. The van der Waals surface area contributed by atoms with Gasteiger partial charge in [0, 0.05) is 6.54 Å². The van der Waals surface area contributed by atoms with Crippen LogP contribution in [0, 0.1) is 5.41 Å². The van der Waals surface area contributed by atoms with Gasteiger partial charge in [-0.05, 0) is 29.7 Å². The number of hydrogen-bond donors (Lipinski definition) is 1. The Morgan fingerprint density at radius 3 is 3.00 bits per heavy atom. The monoisotopic (exact) mass is 310 g/mol. The van der Waals surface area contributed by atoms with Crippen LogP contribution in [0.5, 0.6) is 0 Å². The Bertz CT molecular complexity index is 731. The molecular formula is C13H14N2O3S2. The number of carboxylic acids is 1. The highest BCUT2D eigenvalue weighted by Crippen LogP contribution is 2.46.